The summed E-state index contributed by atoms with van der Waals surface area (Å²) in [5.74, 6) is -2.71. The largest absolute Gasteiger partial charge is 0.480 e. The second-order valence-corrected chi connectivity index (χ2v) is 16.3. The molecule has 5 atom stereocenters. The minimum absolute atomic E-state index is 0.112. The standard InChI is InChI=1S/C48H78NO12P/c1-3-5-7-9-11-12-13-14-15-16-17-18-19-20-21-22-23-25-31-37-46(52)58-39-44(40-59-62(56,57)60-41-45(49)48(54)55)61-47(53)38-32-36-43(51)35-30-27-26-29-34-42(50)33-28-24-10-8-6-4-2/h11-12,14-15,17-18,20-21,24,26-30,34-35,42-45,50-51H,3-10,13,16,19,22-23,25,31-33,36-41,49H2,1-2H3,(H,54,55)(H,56,57)/b12-11-,15-14-,18-17-,21-20-,27-26+,28-24-,34-29+,35-30-/t42-,43-,44+,45-/m0/s1. The smallest absolute Gasteiger partial charge is 0.472 e. The van der Waals surface area contributed by atoms with Crippen LogP contribution in [0.3, 0.4) is 0 Å². The maximum Gasteiger partial charge on any atom is 0.472 e. The van der Waals surface area contributed by atoms with E-state index in [9.17, 15) is 34.1 Å². The summed E-state index contributed by atoms with van der Waals surface area (Å²) in [6, 6.07) is -1.57. The highest BCUT2D eigenvalue weighted by atomic mass is 31.2. The molecule has 0 saturated heterocycles. The number of carbonyl (C=O) groups is 3. The molecule has 0 amide bonds. The molecule has 1 unspecified atom stereocenters. The van der Waals surface area contributed by atoms with Crippen molar-refractivity contribution in [3.63, 3.8) is 0 Å². The number of hydrogen-bond acceptors (Lipinski definition) is 11. The summed E-state index contributed by atoms with van der Waals surface area (Å²) in [6.07, 6.45) is 45.3. The molecule has 352 valence electrons. The molecular weight excluding hydrogens is 813 g/mol. The van der Waals surface area contributed by atoms with Crippen LogP contribution in [-0.2, 0) is 37.5 Å². The molecular formula is C48H78NO12P. The average Bonchev–Trinajstić information content (AvgIpc) is 3.24. The zero-order valence-electron chi connectivity index (χ0n) is 37.4. The number of carbonyl (C=O) groups excluding carboxylic acids is 2. The van der Waals surface area contributed by atoms with Gasteiger partial charge in [-0.2, -0.15) is 0 Å². The van der Waals surface area contributed by atoms with Gasteiger partial charge in [0.25, 0.3) is 0 Å². The van der Waals surface area contributed by atoms with Gasteiger partial charge in [0.2, 0.25) is 0 Å². The van der Waals surface area contributed by atoms with Crippen molar-refractivity contribution in [2.45, 2.75) is 167 Å². The summed E-state index contributed by atoms with van der Waals surface area (Å²) >= 11 is 0. The first-order valence-electron chi connectivity index (χ1n) is 22.5. The van der Waals surface area contributed by atoms with Gasteiger partial charge in [-0.3, -0.25) is 23.4 Å². The fraction of sp³-hybridized carbons (Fsp3) is 0.604. The Morgan fingerprint density at radius 1 is 0.597 bits per heavy atom. The minimum Gasteiger partial charge on any atom is -0.480 e. The molecule has 0 heterocycles. The van der Waals surface area contributed by atoms with Crippen molar-refractivity contribution in [2.75, 3.05) is 19.8 Å². The molecule has 0 aromatic heterocycles. The molecule has 0 aromatic rings. The number of ether oxygens (including phenoxy) is 2. The fourth-order valence-corrected chi connectivity index (χ4v) is 6.14. The van der Waals surface area contributed by atoms with Crippen molar-refractivity contribution in [2.24, 2.45) is 5.73 Å². The SMILES string of the molecule is CCCCC/C=C\C/C=C\C/C=C\C/C=C\CCCCCC(=O)OC[C@H](COP(=O)(O)OC[C@H](N)C(=O)O)OC(=O)CCC[C@@H](O)\C=C/C=C/C=C/[C@@H](O)C/C=C\CCCCC. The Hall–Kier alpha value is -3.68. The molecule has 6 N–H and O–H groups in total. The summed E-state index contributed by atoms with van der Waals surface area (Å²) in [5.41, 5.74) is 5.32. The second kappa shape index (κ2) is 41.3. The molecule has 62 heavy (non-hydrogen) atoms. The Bertz CT molecular complexity index is 1450. The molecule has 0 spiro atoms. The highest BCUT2D eigenvalue weighted by Gasteiger charge is 2.28. The number of aliphatic carboxylic acids is 1. The Kier molecular flexibility index (Phi) is 38.9. The lowest BCUT2D eigenvalue weighted by Crippen LogP contribution is -2.34. The van der Waals surface area contributed by atoms with Gasteiger partial charge < -0.3 is 35.4 Å². The van der Waals surface area contributed by atoms with Gasteiger partial charge in [-0.05, 0) is 83.5 Å². The number of phosphoric acid groups is 1. The van der Waals surface area contributed by atoms with Gasteiger partial charge in [-0.1, -0.05) is 143 Å². The van der Waals surface area contributed by atoms with Gasteiger partial charge in [-0.15, -0.1) is 0 Å². The predicted molar refractivity (Wildman–Crippen MR) is 247 cm³/mol. The average molecular weight is 892 g/mol. The van der Waals surface area contributed by atoms with E-state index in [0.29, 0.717) is 12.8 Å². The molecule has 13 nitrogen and oxygen atoms in total. The van der Waals surface area contributed by atoms with E-state index in [4.69, 9.17) is 24.8 Å². The third-order valence-corrected chi connectivity index (χ3v) is 9.95. The van der Waals surface area contributed by atoms with E-state index in [2.05, 4.69) is 73.1 Å². The van der Waals surface area contributed by atoms with Crippen LogP contribution in [0.1, 0.15) is 142 Å². The topological polar surface area (TPSA) is 212 Å². The first kappa shape index (κ1) is 58.3. The van der Waals surface area contributed by atoms with E-state index in [1.807, 2.05) is 6.08 Å². The molecule has 0 aliphatic heterocycles. The number of rotatable bonds is 40. The molecule has 0 aromatic carbocycles. The van der Waals surface area contributed by atoms with Gasteiger partial charge in [0.15, 0.2) is 6.10 Å². The summed E-state index contributed by atoms with van der Waals surface area (Å²) in [4.78, 5) is 46.0. The molecule has 0 saturated carbocycles. The molecule has 0 fully saturated rings. The van der Waals surface area contributed by atoms with Crippen LogP contribution in [-0.4, -0.2) is 82.3 Å². The van der Waals surface area contributed by atoms with Crippen LogP contribution in [0.5, 0.6) is 0 Å². The van der Waals surface area contributed by atoms with Gasteiger partial charge in [-0.25, -0.2) is 4.57 Å². The first-order valence-corrected chi connectivity index (χ1v) is 24.0. The number of phosphoric ester groups is 1. The van der Waals surface area contributed by atoms with E-state index in [1.165, 1.54) is 32.1 Å². The number of aliphatic hydroxyl groups excluding tert-OH is 2. The summed E-state index contributed by atoms with van der Waals surface area (Å²) in [5, 5.41) is 29.2. The van der Waals surface area contributed by atoms with Crippen molar-refractivity contribution in [3.05, 3.63) is 97.2 Å². The molecule has 0 aliphatic rings. The number of aliphatic hydroxyl groups is 2. The summed E-state index contributed by atoms with van der Waals surface area (Å²) < 4.78 is 32.5. The highest BCUT2D eigenvalue weighted by Crippen LogP contribution is 2.43. The van der Waals surface area contributed by atoms with E-state index in [1.54, 1.807) is 36.5 Å². The van der Waals surface area contributed by atoms with E-state index < -0.39 is 69.9 Å². The Morgan fingerprint density at radius 2 is 1.10 bits per heavy atom. The van der Waals surface area contributed by atoms with Gasteiger partial charge in [0, 0.05) is 12.8 Å². The first-order chi connectivity index (χ1) is 29.9. The third-order valence-electron chi connectivity index (χ3n) is 8.99. The number of esters is 2. The summed E-state index contributed by atoms with van der Waals surface area (Å²) in [7, 11) is -4.80. The number of carboxylic acid groups (broad SMARTS) is 1. The molecule has 14 heteroatoms. The maximum atomic E-state index is 12.6. The second-order valence-electron chi connectivity index (χ2n) is 14.9. The number of carboxylic acids is 1. The van der Waals surface area contributed by atoms with Crippen LogP contribution in [0.25, 0.3) is 0 Å². The Labute approximate surface area is 371 Å². The van der Waals surface area contributed by atoms with Crippen molar-refractivity contribution < 1.29 is 57.7 Å². The van der Waals surface area contributed by atoms with Crippen LogP contribution in [0.15, 0.2) is 97.2 Å². The number of hydrogen-bond donors (Lipinski definition) is 5. The molecule has 0 radical (unpaired) electrons. The summed E-state index contributed by atoms with van der Waals surface area (Å²) in [6.45, 7) is 2.41. The van der Waals surface area contributed by atoms with Gasteiger partial charge in [0.1, 0.15) is 12.6 Å². The van der Waals surface area contributed by atoms with Crippen LogP contribution >= 0.6 is 7.82 Å². The fourth-order valence-electron chi connectivity index (χ4n) is 5.36. The van der Waals surface area contributed by atoms with Crippen LogP contribution in [0, 0.1) is 0 Å². The molecule has 0 aliphatic carbocycles. The predicted octanol–water partition coefficient (Wildman–Crippen LogP) is 10.0. The van der Waals surface area contributed by atoms with Gasteiger partial charge >= 0.3 is 25.7 Å². The lowest BCUT2D eigenvalue weighted by Gasteiger charge is -2.20. The lowest BCUT2D eigenvalue weighted by atomic mass is 10.1. The van der Waals surface area contributed by atoms with Crippen molar-refractivity contribution >= 4 is 25.7 Å². The van der Waals surface area contributed by atoms with Crippen LogP contribution in [0.4, 0.5) is 0 Å². The van der Waals surface area contributed by atoms with E-state index >= 15 is 0 Å². The van der Waals surface area contributed by atoms with Crippen molar-refractivity contribution in [1.29, 1.82) is 0 Å². The quantitative estimate of drug-likeness (QED) is 0.0128. The van der Waals surface area contributed by atoms with E-state index in [0.717, 1.165) is 57.8 Å². The van der Waals surface area contributed by atoms with Crippen molar-refractivity contribution in [1.82, 2.24) is 0 Å². The van der Waals surface area contributed by atoms with Crippen LogP contribution in [0.2, 0.25) is 0 Å². The zero-order valence-corrected chi connectivity index (χ0v) is 38.3. The normalized spacial score (nSPS) is 15.6. The number of unbranched alkanes of at least 4 members (excludes halogenated alkanes) is 9. The maximum absolute atomic E-state index is 12.6. The highest BCUT2D eigenvalue weighted by molar-refractivity contribution is 7.47. The number of nitrogens with two attached hydrogens (primary N) is 1. The van der Waals surface area contributed by atoms with E-state index in [-0.39, 0.29) is 25.7 Å². The third kappa shape index (κ3) is 40.4. The van der Waals surface area contributed by atoms with Crippen LogP contribution < -0.4 is 5.73 Å². The monoisotopic (exact) mass is 892 g/mol. The number of allylic oxidation sites excluding steroid dienone is 13. The van der Waals surface area contributed by atoms with Crippen molar-refractivity contribution in [3.8, 4) is 0 Å². The zero-order chi connectivity index (χ0) is 45.9. The lowest BCUT2D eigenvalue weighted by molar-refractivity contribution is -0.161. The molecule has 0 rings (SSSR count). The minimum atomic E-state index is -4.80. The molecule has 0 bridgehead atoms. The Morgan fingerprint density at radius 3 is 1.66 bits per heavy atom. The Balaban J connectivity index is 4.68. The van der Waals surface area contributed by atoms with Gasteiger partial charge in [0.05, 0.1) is 25.4 Å².